The van der Waals surface area contributed by atoms with Gasteiger partial charge in [0.25, 0.3) is 0 Å². The smallest absolute Gasteiger partial charge is 0.123 e. The van der Waals surface area contributed by atoms with Crippen LogP contribution in [0.1, 0.15) is 25.0 Å². The summed E-state index contributed by atoms with van der Waals surface area (Å²) in [5.74, 6) is -0.228. The van der Waals surface area contributed by atoms with Crippen molar-refractivity contribution < 1.29 is 4.39 Å². The lowest BCUT2D eigenvalue weighted by Gasteiger charge is -2.23. The van der Waals surface area contributed by atoms with Crippen LogP contribution in [-0.2, 0) is 5.41 Å². The van der Waals surface area contributed by atoms with Crippen molar-refractivity contribution in [2.75, 3.05) is 0 Å². The standard InChI is InChI=1S/C45H31F/c1-45(2)41-17-8-7-13-35(41)36-24-21-31(27-42(36)45)44-38-15-6-5-14-37(38)43(29-18-22-32(46)23-19-29)39-25-20-30(26-40(39)44)34-16-9-11-28-10-3-4-12-33(28)34/h3-27H,1-2H3. The summed E-state index contributed by atoms with van der Waals surface area (Å²) in [5.41, 5.74) is 12.3. The molecule has 0 spiro atoms. The van der Waals surface area contributed by atoms with Gasteiger partial charge in [-0.05, 0) is 112 Å². The highest BCUT2D eigenvalue weighted by molar-refractivity contribution is 6.22. The van der Waals surface area contributed by atoms with Crippen molar-refractivity contribution in [3.05, 3.63) is 169 Å². The van der Waals surface area contributed by atoms with Crippen molar-refractivity contribution in [1.82, 2.24) is 0 Å². The molecule has 0 nitrogen and oxygen atoms in total. The number of rotatable bonds is 3. The van der Waals surface area contributed by atoms with E-state index >= 15 is 0 Å². The molecule has 0 saturated heterocycles. The van der Waals surface area contributed by atoms with Gasteiger partial charge < -0.3 is 0 Å². The second-order valence-corrected chi connectivity index (χ2v) is 13.0. The first-order valence-corrected chi connectivity index (χ1v) is 16.0. The fourth-order valence-corrected chi connectivity index (χ4v) is 7.92. The molecule has 0 saturated carbocycles. The molecule has 0 heterocycles. The van der Waals surface area contributed by atoms with E-state index in [1.807, 2.05) is 12.1 Å². The largest absolute Gasteiger partial charge is 0.207 e. The van der Waals surface area contributed by atoms with E-state index in [0.717, 1.165) is 21.9 Å². The van der Waals surface area contributed by atoms with Gasteiger partial charge in [-0.25, -0.2) is 4.39 Å². The molecule has 46 heavy (non-hydrogen) atoms. The topological polar surface area (TPSA) is 0 Å². The fourth-order valence-electron chi connectivity index (χ4n) is 7.92. The summed E-state index contributed by atoms with van der Waals surface area (Å²) in [7, 11) is 0. The van der Waals surface area contributed by atoms with E-state index in [4.69, 9.17) is 0 Å². The molecule has 9 rings (SSSR count). The number of benzene rings is 8. The third-order valence-corrected chi connectivity index (χ3v) is 10.1. The first kappa shape index (κ1) is 26.8. The van der Waals surface area contributed by atoms with Crippen LogP contribution in [0.15, 0.2) is 152 Å². The zero-order valence-electron chi connectivity index (χ0n) is 25.8. The highest BCUT2D eigenvalue weighted by atomic mass is 19.1. The number of fused-ring (bicyclic) bond motifs is 6. The minimum Gasteiger partial charge on any atom is -0.207 e. The van der Waals surface area contributed by atoms with E-state index in [-0.39, 0.29) is 11.2 Å². The van der Waals surface area contributed by atoms with Crippen molar-refractivity contribution >= 4 is 32.3 Å². The molecule has 0 aliphatic heterocycles. The van der Waals surface area contributed by atoms with E-state index in [2.05, 4.69) is 141 Å². The zero-order chi connectivity index (χ0) is 31.0. The Bertz CT molecular complexity index is 2490. The van der Waals surface area contributed by atoms with Crippen molar-refractivity contribution in [1.29, 1.82) is 0 Å². The SMILES string of the molecule is CC1(C)c2ccccc2-c2ccc(-c3c4ccccc4c(-c4ccc(F)cc4)c4ccc(-c5cccc6ccccc56)cc34)cc21. The van der Waals surface area contributed by atoms with E-state index in [9.17, 15) is 4.39 Å². The van der Waals surface area contributed by atoms with Gasteiger partial charge in [-0.2, -0.15) is 0 Å². The first-order chi connectivity index (χ1) is 22.5. The zero-order valence-corrected chi connectivity index (χ0v) is 25.8. The third kappa shape index (κ3) is 3.91. The number of hydrogen-bond donors (Lipinski definition) is 0. The van der Waals surface area contributed by atoms with Crippen LogP contribution in [0.2, 0.25) is 0 Å². The molecule has 218 valence electrons. The highest BCUT2D eigenvalue weighted by Crippen LogP contribution is 2.51. The second-order valence-electron chi connectivity index (χ2n) is 13.0. The molecule has 0 atom stereocenters. The Morgan fingerprint density at radius 2 is 0.957 bits per heavy atom. The summed E-state index contributed by atoms with van der Waals surface area (Å²) in [6.45, 7) is 4.68. The van der Waals surface area contributed by atoms with Gasteiger partial charge in [0.2, 0.25) is 0 Å². The molecule has 1 heteroatoms. The van der Waals surface area contributed by atoms with E-state index in [1.165, 1.54) is 66.1 Å². The van der Waals surface area contributed by atoms with Crippen LogP contribution in [0, 0.1) is 5.82 Å². The fraction of sp³-hybridized carbons (Fsp3) is 0.0667. The summed E-state index contributed by atoms with van der Waals surface area (Å²) in [6, 6.07) is 53.5. The Labute approximate surface area is 268 Å². The molecule has 0 N–H and O–H groups in total. The van der Waals surface area contributed by atoms with Gasteiger partial charge in [-0.1, -0.05) is 141 Å². The Morgan fingerprint density at radius 3 is 1.76 bits per heavy atom. The summed E-state index contributed by atoms with van der Waals surface area (Å²) in [5, 5.41) is 7.17. The normalized spacial score (nSPS) is 13.3. The van der Waals surface area contributed by atoms with Gasteiger partial charge in [-0.3, -0.25) is 0 Å². The summed E-state index contributed by atoms with van der Waals surface area (Å²) < 4.78 is 14.2. The molecular weight excluding hydrogens is 559 g/mol. The lowest BCUT2D eigenvalue weighted by molar-refractivity contribution is 0.628. The molecular formula is C45H31F. The molecule has 8 aromatic rings. The van der Waals surface area contributed by atoms with Gasteiger partial charge in [-0.15, -0.1) is 0 Å². The molecule has 1 aliphatic carbocycles. The third-order valence-electron chi connectivity index (χ3n) is 10.1. The molecule has 8 aromatic carbocycles. The van der Waals surface area contributed by atoms with Gasteiger partial charge >= 0.3 is 0 Å². The summed E-state index contributed by atoms with van der Waals surface area (Å²) in [4.78, 5) is 0. The van der Waals surface area contributed by atoms with Crippen molar-refractivity contribution in [3.8, 4) is 44.5 Å². The summed E-state index contributed by atoms with van der Waals surface area (Å²) in [6.07, 6.45) is 0. The Kier molecular flexibility index (Phi) is 5.83. The second kappa shape index (κ2) is 9.99. The van der Waals surface area contributed by atoms with Gasteiger partial charge in [0.1, 0.15) is 5.82 Å². The van der Waals surface area contributed by atoms with Gasteiger partial charge in [0, 0.05) is 5.41 Å². The number of hydrogen-bond acceptors (Lipinski definition) is 0. The lowest BCUT2D eigenvalue weighted by Crippen LogP contribution is -2.14. The van der Waals surface area contributed by atoms with Crippen molar-refractivity contribution in [3.63, 3.8) is 0 Å². The molecule has 0 aromatic heterocycles. The van der Waals surface area contributed by atoms with Crippen LogP contribution < -0.4 is 0 Å². The van der Waals surface area contributed by atoms with Crippen molar-refractivity contribution in [2.45, 2.75) is 19.3 Å². The molecule has 0 radical (unpaired) electrons. The van der Waals surface area contributed by atoms with Gasteiger partial charge in [0.05, 0.1) is 0 Å². The van der Waals surface area contributed by atoms with Crippen LogP contribution >= 0.6 is 0 Å². The van der Waals surface area contributed by atoms with Crippen molar-refractivity contribution in [2.24, 2.45) is 0 Å². The average Bonchev–Trinajstić information content (AvgIpc) is 3.33. The molecule has 1 aliphatic rings. The minimum absolute atomic E-state index is 0.101. The quantitative estimate of drug-likeness (QED) is 0.180. The van der Waals surface area contributed by atoms with Crippen LogP contribution in [0.4, 0.5) is 4.39 Å². The molecule has 0 fully saturated rings. The minimum atomic E-state index is -0.228. The molecule has 0 bridgehead atoms. The Morgan fingerprint density at radius 1 is 0.391 bits per heavy atom. The maximum atomic E-state index is 14.2. The maximum Gasteiger partial charge on any atom is 0.123 e. The maximum absolute atomic E-state index is 14.2. The Hall–Kier alpha value is -5.53. The van der Waals surface area contributed by atoms with Gasteiger partial charge in [0.15, 0.2) is 0 Å². The van der Waals surface area contributed by atoms with E-state index < -0.39 is 0 Å². The predicted octanol–water partition coefficient (Wildman–Crippen LogP) is 12.6. The van der Waals surface area contributed by atoms with E-state index in [0.29, 0.717) is 0 Å². The number of halogens is 1. The monoisotopic (exact) mass is 590 g/mol. The predicted molar refractivity (Wildman–Crippen MR) is 193 cm³/mol. The Balaban J connectivity index is 1.39. The van der Waals surface area contributed by atoms with Crippen LogP contribution in [-0.4, -0.2) is 0 Å². The van der Waals surface area contributed by atoms with Crippen LogP contribution in [0.3, 0.4) is 0 Å². The highest BCUT2D eigenvalue weighted by Gasteiger charge is 2.35. The van der Waals surface area contributed by atoms with E-state index in [1.54, 1.807) is 12.1 Å². The molecule has 0 unspecified atom stereocenters. The molecule has 0 amide bonds. The van der Waals surface area contributed by atoms with Crippen LogP contribution in [0.25, 0.3) is 76.8 Å². The lowest BCUT2D eigenvalue weighted by atomic mass is 9.80. The summed E-state index contributed by atoms with van der Waals surface area (Å²) >= 11 is 0. The average molecular weight is 591 g/mol. The first-order valence-electron chi connectivity index (χ1n) is 16.0. The van der Waals surface area contributed by atoms with Crippen LogP contribution in [0.5, 0.6) is 0 Å².